The quantitative estimate of drug-likeness (QED) is 0.223. The van der Waals surface area contributed by atoms with Crippen molar-refractivity contribution in [2.24, 2.45) is 0 Å². The standard InChI is InChI=1S/C18H39O2P/c1-2-3-4-5-6-7-8-9-10-11-12-13-14-15-16-17-18-20-21-19/h19,21H,2-18H2,1H3. The van der Waals surface area contributed by atoms with Crippen LogP contribution >= 0.6 is 9.03 Å². The van der Waals surface area contributed by atoms with Crippen molar-refractivity contribution in [3.8, 4) is 0 Å². The summed E-state index contributed by atoms with van der Waals surface area (Å²) in [6.07, 6.45) is 22.3. The number of rotatable bonds is 18. The molecule has 0 heterocycles. The van der Waals surface area contributed by atoms with Gasteiger partial charge >= 0.3 is 0 Å². The first kappa shape index (κ1) is 21.4. The van der Waals surface area contributed by atoms with Crippen LogP contribution in [0.15, 0.2) is 0 Å². The third-order valence-electron chi connectivity index (χ3n) is 4.16. The Bertz CT molecular complexity index is 159. The second kappa shape index (κ2) is 20.3. The van der Waals surface area contributed by atoms with Crippen LogP contribution in [0, 0.1) is 0 Å². The fourth-order valence-electron chi connectivity index (χ4n) is 2.77. The van der Waals surface area contributed by atoms with Crippen molar-refractivity contribution in [3.63, 3.8) is 0 Å². The van der Waals surface area contributed by atoms with Gasteiger partial charge in [0.15, 0.2) is 9.03 Å². The Morgan fingerprint density at radius 3 is 1.24 bits per heavy atom. The van der Waals surface area contributed by atoms with Crippen molar-refractivity contribution in [1.82, 2.24) is 0 Å². The lowest BCUT2D eigenvalue weighted by Crippen LogP contribution is -1.86. The lowest BCUT2D eigenvalue weighted by Gasteiger charge is -2.03. The summed E-state index contributed by atoms with van der Waals surface area (Å²) in [7, 11) is -0.331. The van der Waals surface area contributed by atoms with Crippen LogP contribution < -0.4 is 0 Å². The molecule has 0 aromatic carbocycles. The molecule has 0 aliphatic rings. The molecule has 0 radical (unpaired) electrons. The molecule has 0 aromatic rings. The highest BCUT2D eigenvalue weighted by molar-refractivity contribution is 7.24. The van der Waals surface area contributed by atoms with Crippen LogP contribution in [-0.2, 0) is 4.52 Å². The fraction of sp³-hybridized carbons (Fsp3) is 1.00. The molecule has 2 nitrogen and oxygen atoms in total. The lowest BCUT2D eigenvalue weighted by molar-refractivity contribution is 0.313. The van der Waals surface area contributed by atoms with Gasteiger partial charge in [-0.15, -0.1) is 0 Å². The maximum atomic E-state index is 8.50. The molecular weight excluding hydrogens is 279 g/mol. The van der Waals surface area contributed by atoms with Crippen LogP contribution in [0.2, 0.25) is 0 Å². The molecule has 1 atom stereocenters. The van der Waals surface area contributed by atoms with Crippen LogP contribution in [0.4, 0.5) is 0 Å². The molecule has 0 spiro atoms. The molecule has 128 valence electrons. The molecule has 0 saturated heterocycles. The van der Waals surface area contributed by atoms with Gasteiger partial charge < -0.3 is 9.42 Å². The summed E-state index contributed by atoms with van der Waals surface area (Å²) in [4.78, 5) is 8.50. The van der Waals surface area contributed by atoms with Crippen molar-refractivity contribution in [3.05, 3.63) is 0 Å². The van der Waals surface area contributed by atoms with Crippen molar-refractivity contribution in [1.29, 1.82) is 0 Å². The fourth-order valence-corrected chi connectivity index (χ4v) is 3.00. The number of hydrogen-bond acceptors (Lipinski definition) is 2. The normalized spacial score (nSPS) is 11.7. The van der Waals surface area contributed by atoms with E-state index in [9.17, 15) is 0 Å². The summed E-state index contributed by atoms with van der Waals surface area (Å²) in [6, 6.07) is 0. The van der Waals surface area contributed by atoms with E-state index in [1.54, 1.807) is 0 Å². The average Bonchev–Trinajstić information content (AvgIpc) is 2.50. The van der Waals surface area contributed by atoms with Gasteiger partial charge in [-0.3, -0.25) is 0 Å². The smallest absolute Gasteiger partial charge is 0.152 e. The predicted octanol–water partition coefficient (Wildman–Crippen LogP) is 6.77. The van der Waals surface area contributed by atoms with Gasteiger partial charge in [0.25, 0.3) is 0 Å². The molecule has 0 aromatic heterocycles. The summed E-state index contributed by atoms with van der Waals surface area (Å²) >= 11 is 0. The first-order valence-corrected chi connectivity index (χ1v) is 10.3. The molecule has 0 aliphatic carbocycles. The first-order valence-electron chi connectivity index (χ1n) is 9.42. The average molecular weight is 318 g/mol. The van der Waals surface area contributed by atoms with E-state index in [0.717, 1.165) is 13.0 Å². The Morgan fingerprint density at radius 1 is 0.571 bits per heavy atom. The molecule has 0 bridgehead atoms. The first-order chi connectivity index (χ1) is 10.4. The Balaban J connectivity index is 2.90. The van der Waals surface area contributed by atoms with Gasteiger partial charge in [0.2, 0.25) is 0 Å². The Morgan fingerprint density at radius 2 is 0.905 bits per heavy atom. The molecule has 0 fully saturated rings. The number of unbranched alkanes of at least 4 members (excludes halogenated alkanes) is 15. The van der Waals surface area contributed by atoms with Crippen LogP contribution in [0.1, 0.15) is 110 Å². The zero-order valence-electron chi connectivity index (χ0n) is 14.4. The maximum Gasteiger partial charge on any atom is 0.152 e. The molecule has 1 N–H and O–H groups in total. The Hall–Kier alpha value is 0.350. The molecule has 1 unspecified atom stereocenters. The van der Waals surface area contributed by atoms with E-state index in [1.807, 2.05) is 0 Å². The molecule has 0 amide bonds. The highest BCUT2D eigenvalue weighted by Crippen LogP contribution is 2.14. The summed E-state index contributed by atoms with van der Waals surface area (Å²) in [5, 5.41) is 0. The van der Waals surface area contributed by atoms with Gasteiger partial charge in [0.1, 0.15) is 0 Å². The van der Waals surface area contributed by atoms with Gasteiger partial charge in [-0.25, -0.2) is 0 Å². The van der Waals surface area contributed by atoms with Crippen LogP contribution in [0.5, 0.6) is 0 Å². The lowest BCUT2D eigenvalue weighted by atomic mass is 10.0. The monoisotopic (exact) mass is 318 g/mol. The van der Waals surface area contributed by atoms with Crippen molar-refractivity contribution in [2.45, 2.75) is 110 Å². The highest BCUT2D eigenvalue weighted by Gasteiger charge is 1.94. The molecular formula is C18H39O2P. The highest BCUT2D eigenvalue weighted by atomic mass is 31.1. The van der Waals surface area contributed by atoms with Crippen molar-refractivity contribution in [2.75, 3.05) is 6.61 Å². The predicted molar refractivity (Wildman–Crippen MR) is 96.0 cm³/mol. The van der Waals surface area contributed by atoms with Crippen molar-refractivity contribution >= 4 is 9.03 Å². The van der Waals surface area contributed by atoms with E-state index >= 15 is 0 Å². The van der Waals surface area contributed by atoms with Crippen LogP contribution in [0.3, 0.4) is 0 Å². The second-order valence-electron chi connectivity index (χ2n) is 6.24. The molecule has 0 rings (SSSR count). The van der Waals surface area contributed by atoms with Gasteiger partial charge in [0, 0.05) is 0 Å². The summed E-state index contributed by atoms with van der Waals surface area (Å²) in [6.45, 7) is 3.01. The largest absolute Gasteiger partial charge is 0.352 e. The van der Waals surface area contributed by atoms with Gasteiger partial charge in [-0.1, -0.05) is 103 Å². The molecule has 0 aliphatic heterocycles. The van der Waals surface area contributed by atoms with Crippen LogP contribution in [-0.4, -0.2) is 11.5 Å². The topological polar surface area (TPSA) is 29.5 Å². The third-order valence-corrected chi connectivity index (χ3v) is 4.50. The van der Waals surface area contributed by atoms with Gasteiger partial charge in [-0.2, -0.15) is 0 Å². The molecule has 3 heteroatoms. The van der Waals surface area contributed by atoms with E-state index in [0.29, 0.717) is 0 Å². The van der Waals surface area contributed by atoms with E-state index in [-0.39, 0.29) is 9.03 Å². The Kier molecular flexibility index (Phi) is 20.7. The zero-order valence-corrected chi connectivity index (χ0v) is 15.4. The van der Waals surface area contributed by atoms with Crippen LogP contribution in [0.25, 0.3) is 0 Å². The number of hydrogen-bond donors (Lipinski definition) is 1. The summed E-state index contributed by atoms with van der Waals surface area (Å²) in [5.74, 6) is 0. The van der Waals surface area contributed by atoms with E-state index in [4.69, 9.17) is 9.42 Å². The van der Waals surface area contributed by atoms with E-state index in [1.165, 1.54) is 96.3 Å². The van der Waals surface area contributed by atoms with E-state index in [2.05, 4.69) is 6.92 Å². The SMILES string of the molecule is CCCCCCCCCCCCCCCCCCOPO. The Labute approximate surface area is 135 Å². The minimum Gasteiger partial charge on any atom is -0.352 e. The summed E-state index contributed by atoms with van der Waals surface area (Å²) < 4.78 is 4.94. The second-order valence-corrected chi connectivity index (χ2v) is 6.71. The third kappa shape index (κ3) is 20.4. The van der Waals surface area contributed by atoms with E-state index < -0.39 is 0 Å². The van der Waals surface area contributed by atoms with Crippen molar-refractivity contribution < 1.29 is 9.42 Å². The van der Waals surface area contributed by atoms with Gasteiger partial charge in [0.05, 0.1) is 6.61 Å². The maximum absolute atomic E-state index is 8.50. The molecule has 0 saturated carbocycles. The summed E-state index contributed by atoms with van der Waals surface area (Å²) in [5.41, 5.74) is 0. The zero-order chi connectivity index (χ0) is 15.4. The molecule has 21 heavy (non-hydrogen) atoms. The minimum atomic E-state index is -0.331. The van der Waals surface area contributed by atoms with Gasteiger partial charge in [-0.05, 0) is 6.42 Å². The minimum absolute atomic E-state index is 0.331.